The number of aromatic amines is 1. The molecule has 0 unspecified atom stereocenters. The summed E-state index contributed by atoms with van der Waals surface area (Å²) in [5.74, 6) is 0.131. The van der Waals surface area contributed by atoms with Crippen LogP contribution < -0.4 is 5.32 Å². The molecule has 5 heterocycles. The first-order valence-corrected chi connectivity index (χ1v) is 12.0. The van der Waals surface area contributed by atoms with Crippen molar-refractivity contribution in [2.75, 3.05) is 18.4 Å². The Morgan fingerprint density at radius 2 is 2.12 bits per heavy atom. The number of nitrogens with one attached hydrogen (secondary N) is 2. The first kappa shape index (κ1) is 20.6. The number of carbonyl (C=O) groups excluding carboxylic acids is 1. The average molecular weight is 467 g/mol. The number of fused-ring (bicyclic) bond motifs is 2. The zero-order chi connectivity index (χ0) is 22.9. The molecule has 0 saturated carbocycles. The lowest BCUT2D eigenvalue weighted by Gasteiger charge is -2.26. The van der Waals surface area contributed by atoms with Gasteiger partial charge in [-0.15, -0.1) is 11.3 Å². The molecule has 1 aliphatic rings. The van der Waals surface area contributed by atoms with Crippen molar-refractivity contribution in [2.45, 2.75) is 12.8 Å². The highest BCUT2D eigenvalue weighted by Gasteiger charge is 2.19. The minimum absolute atomic E-state index is 0.131. The molecule has 2 N–H and O–H groups in total. The van der Waals surface area contributed by atoms with E-state index in [1.807, 2.05) is 46.9 Å². The Morgan fingerprint density at radius 1 is 1.15 bits per heavy atom. The van der Waals surface area contributed by atoms with E-state index in [9.17, 15) is 4.79 Å². The van der Waals surface area contributed by atoms with E-state index in [0.29, 0.717) is 19.5 Å². The highest BCUT2D eigenvalue weighted by molar-refractivity contribution is 7.16. The molecule has 6 rings (SSSR count). The second-order valence-electron chi connectivity index (χ2n) is 8.32. The molecule has 0 bridgehead atoms. The highest BCUT2D eigenvalue weighted by Crippen LogP contribution is 2.31. The van der Waals surface area contributed by atoms with E-state index < -0.39 is 0 Å². The van der Waals surface area contributed by atoms with Crippen molar-refractivity contribution in [2.24, 2.45) is 0 Å². The normalized spacial score (nSPS) is 13.9. The van der Waals surface area contributed by atoms with E-state index in [4.69, 9.17) is 0 Å². The molecule has 34 heavy (non-hydrogen) atoms. The molecule has 1 aromatic carbocycles. The van der Waals surface area contributed by atoms with Gasteiger partial charge in [0.2, 0.25) is 5.91 Å². The van der Waals surface area contributed by atoms with E-state index >= 15 is 0 Å². The molecule has 1 aliphatic heterocycles. The predicted molar refractivity (Wildman–Crippen MR) is 136 cm³/mol. The topological polar surface area (TPSA) is 86.8 Å². The third kappa shape index (κ3) is 4.04. The number of benzene rings is 1. The summed E-state index contributed by atoms with van der Waals surface area (Å²) in [6.45, 7) is 1.31. The molecule has 5 aromatic rings. The summed E-state index contributed by atoms with van der Waals surface area (Å²) in [4.78, 5) is 31.0. The van der Waals surface area contributed by atoms with Gasteiger partial charge in [0.15, 0.2) is 0 Å². The molecule has 0 spiro atoms. The molecule has 7 nitrogen and oxygen atoms in total. The van der Waals surface area contributed by atoms with Gasteiger partial charge < -0.3 is 15.2 Å². The van der Waals surface area contributed by atoms with Gasteiger partial charge in [-0.2, -0.15) is 0 Å². The van der Waals surface area contributed by atoms with Crippen LogP contribution in [-0.2, 0) is 11.2 Å². The van der Waals surface area contributed by atoms with E-state index in [2.05, 4.69) is 43.5 Å². The van der Waals surface area contributed by atoms with Gasteiger partial charge in [-0.25, -0.2) is 9.97 Å². The van der Waals surface area contributed by atoms with Crippen LogP contribution >= 0.6 is 11.3 Å². The van der Waals surface area contributed by atoms with E-state index in [1.54, 1.807) is 23.7 Å². The van der Waals surface area contributed by atoms with Gasteiger partial charge in [0.25, 0.3) is 0 Å². The number of H-pyrrole nitrogens is 1. The standard InChI is InChI=1S/C26H22N6OS/c33-25(12-17-2-1-8-27-15-17)32-10-6-18(7-11-32)23-14-20-21(5-9-28-26(20)31-23)30-19-3-4-22-24(13-19)34-16-29-22/h1-6,8-9,13-16H,7,10-12H2,(H2,28,30,31). The Balaban J connectivity index is 1.20. The summed E-state index contributed by atoms with van der Waals surface area (Å²) in [6.07, 6.45) is 8.61. The predicted octanol–water partition coefficient (Wildman–Crippen LogP) is 5.17. The van der Waals surface area contributed by atoms with Crippen LogP contribution in [0.15, 0.2) is 72.6 Å². The summed E-state index contributed by atoms with van der Waals surface area (Å²) >= 11 is 1.63. The van der Waals surface area contributed by atoms with E-state index in [1.165, 1.54) is 5.57 Å². The van der Waals surface area contributed by atoms with Crippen molar-refractivity contribution in [1.82, 2.24) is 24.8 Å². The third-order valence-electron chi connectivity index (χ3n) is 6.13. The number of hydrogen-bond donors (Lipinski definition) is 2. The average Bonchev–Trinajstić information content (AvgIpc) is 3.52. The van der Waals surface area contributed by atoms with Crippen molar-refractivity contribution in [3.63, 3.8) is 0 Å². The molecule has 8 heteroatoms. The lowest BCUT2D eigenvalue weighted by Crippen LogP contribution is -2.35. The summed E-state index contributed by atoms with van der Waals surface area (Å²) in [5.41, 5.74) is 8.94. The highest BCUT2D eigenvalue weighted by atomic mass is 32.1. The number of thiazole rings is 1. The summed E-state index contributed by atoms with van der Waals surface area (Å²) in [7, 11) is 0. The fourth-order valence-electron chi connectivity index (χ4n) is 4.33. The third-order valence-corrected chi connectivity index (χ3v) is 6.92. The molecule has 168 valence electrons. The van der Waals surface area contributed by atoms with Crippen molar-refractivity contribution < 1.29 is 4.79 Å². The summed E-state index contributed by atoms with van der Waals surface area (Å²) < 4.78 is 1.15. The molecule has 1 amide bonds. The monoisotopic (exact) mass is 466 g/mol. The zero-order valence-electron chi connectivity index (χ0n) is 18.4. The smallest absolute Gasteiger partial charge is 0.227 e. The molecule has 4 aromatic heterocycles. The maximum Gasteiger partial charge on any atom is 0.227 e. The lowest BCUT2D eigenvalue weighted by atomic mass is 10.0. The Kier molecular flexibility index (Phi) is 5.27. The fourth-order valence-corrected chi connectivity index (χ4v) is 5.04. The van der Waals surface area contributed by atoms with Crippen LogP contribution in [-0.4, -0.2) is 43.8 Å². The van der Waals surface area contributed by atoms with Gasteiger partial charge in [-0.05, 0) is 54.0 Å². The number of aromatic nitrogens is 4. The maximum atomic E-state index is 12.7. The zero-order valence-corrected chi connectivity index (χ0v) is 19.2. The van der Waals surface area contributed by atoms with Gasteiger partial charge in [-0.3, -0.25) is 9.78 Å². The molecule has 0 saturated heterocycles. The number of amides is 1. The quantitative estimate of drug-likeness (QED) is 0.373. The van der Waals surface area contributed by atoms with Crippen molar-refractivity contribution in [3.8, 4) is 0 Å². The minimum Gasteiger partial charge on any atom is -0.355 e. The summed E-state index contributed by atoms with van der Waals surface area (Å²) in [6, 6.07) is 14.1. The lowest BCUT2D eigenvalue weighted by molar-refractivity contribution is -0.130. The van der Waals surface area contributed by atoms with Crippen LogP contribution in [0.25, 0.3) is 26.8 Å². The number of pyridine rings is 2. The Bertz CT molecular complexity index is 1520. The molecule has 0 fully saturated rings. The van der Waals surface area contributed by atoms with Crippen LogP contribution in [0, 0.1) is 0 Å². The second kappa shape index (κ2) is 8.72. The molecular formula is C26H22N6OS. The Morgan fingerprint density at radius 3 is 2.97 bits per heavy atom. The number of carbonyl (C=O) groups is 1. The maximum absolute atomic E-state index is 12.7. The van der Waals surface area contributed by atoms with Gasteiger partial charge in [0.1, 0.15) is 5.65 Å². The first-order valence-electron chi connectivity index (χ1n) is 11.2. The van der Waals surface area contributed by atoms with Crippen molar-refractivity contribution >= 4 is 55.4 Å². The fraction of sp³-hybridized carbons (Fsp3) is 0.154. The largest absolute Gasteiger partial charge is 0.355 e. The first-order chi connectivity index (χ1) is 16.7. The second-order valence-corrected chi connectivity index (χ2v) is 9.21. The van der Waals surface area contributed by atoms with Crippen LogP contribution in [0.3, 0.4) is 0 Å². The Labute approximate surface area is 200 Å². The SMILES string of the molecule is O=C(Cc1cccnc1)N1CC=C(c2cc3c(Nc4ccc5ncsc5c4)ccnc3[nH]2)CC1. The number of hydrogen-bond acceptors (Lipinski definition) is 6. The van der Waals surface area contributed by atoms with Crippen LogP contribution in [0.2, 0.25) is 0 Å². The van der Waals surface area contributed by atoms with Gasteiger partial charge >= 0.3 is 0 Å². The van der Waals surface area contributed by atoms with Gasteiger partial charge in [0.05, 0.1) is 27.8 Å². The van der Waals surface area contributed by atoms with Gasteiger partial charge in [-0.1, -0.05) is 12.1 Å². The minimum atomic E-state index is 0.131. The Hall–Kier alpha value is -4.04. The van der Waals surface area contributed by atoms with E-state index in [0.717, 1.165) is 50.3 Å². The van der Waals surface area contributed by atoms with Gasteiger partial charge in [0, 0.05) is 48.4 Å². The summed E-state index contributed by atoms with van der Waals surface area (Å²) in [5, 5.41) is 4.57. The van der Waals surface area contributed by atoms with E-state index in [-0.39, 0.29) is 5.91 Å². The van der Waals surface area contributed by atoms with Crippen LogP contribution in [0.1, 0.15) is 17.7 Å². The molecule has 0 aliphatic carbocycles. The molecule has 0 atom stereocenters. The number of nitrogens with zero attached hydrogens (tertiary/aromatic N) is 4. The molecular weight excluding hydrogens is 444 g/mol. The van der Waals surface area contributed by atoms with Crippen molar-refractivity contribution in [1.29, 1.82) is 0 Å². The number of anilines is 2. The van der Waals surface area contributed by atoms with Crippen LogP contribution in [0.5, 0.6) is 0 Å². The molecule has 0 radical (unpaired) electrons. The number of rotatable bonds is 5. The van der Waals surface area contributed by atoms with Crippen molar-refractivity contribution in [3.05, 3.63) is 83.9 Å². The van der Waals surface area contributed by atoms with Crippen LogP contribution in [0.4, 0.5) is 11.4 Å².